The van der Waals surface area contributed by atoms with E-state index >= 15 is 0 Å². The quantitative estimate of drug-likeness (QED) is 0.631. The predicted octanol–water partition coefficient (Wildman–Crippen LogP) is 4.96. The molecule has 0 spiro atoms. The molecule has 0 aromatic rings. The number of rotatable bonds is 3. The van der Waals surface area contributed by atoms with E-state index in [1.165, 1.54) is 25.7 Å². The highest BCUT2D eigenvalue weighted by molar-refractivity contribution is 5.06. The van der Waals surface area contributed by atoms with Gasteiger partial charge >= 0.3 is 0 Å². The Balaban J connectivity index is 2.67. The van der Waals surface area contributed by atoms with E-state index in [9.17, 15) is 0 Å². The van der Waals surface area contributed by atoms with E-state index in [-0.39, 0.29) is 11.0 Å². The highest BCUT2D eigenvalue weighted by Gasteiger charge is 2.33. The summed E-state index contributed by atoms with van der Waals surface area (Å²) < 4.78 is 6.03. The van der Waals surface area contributed by atoms with Crippen molar-refractivity contribution in [3.05, 3.63) is 12.2 Å². The zero-order chi connectivity index (χ0) is 13.2. The molecule has 0 aromatic heterocycles. The van der Waals surface area contributed by atoms with Crippen molar-refractivity contribution >= 4 is 0 Å². The lowest BCUT2D eigenvalue weighted by Crippen LogP contribution is -2.29. The maximum atomic E-state index is 6.03. The van der Waals surface area contributed by atoms with Crippen molar-refractivity contribution in [3.63, 3.8) is 0 Å². The zero-order valence-corrected chi connectivity index (χ0v) is 12.6. The molecule has 0 heterocycles. The van der Waals surface area contributed by atoms with Crippen molar-refractivity contribution in [2.45, 2.75) is 72.8 Å². The normalized spacial score (nSPS) is 21.3. The van der Waals surface area contributed by atoms with Gasteiger partial charge in [0.15, 0.2) is 0 Å². The maximum absolute atomic E-state index is 6.03. The Morgan fingerprint density at radius 2 is 1.53 bits per heavy atom. The van der Waals surface area contributed by atoms with Gasteiger partial charge < -0.3 is 4.74 Å². The van der Waals surface area contributed by atoms with Gasteiger partial charge in [0.1, 0.15) is 0 Å². The van der Waals surface area contributed by atoms with Gasteiger partial charge in [0.05, 0.1) is 12.2 Å². The fourth-order valence-electron chi connectivity index (χ4n) is 2.23. The van der Waals surface area contributed by atoms with Crippen LogP contribution < -0.4 is 0 Å². The highest BCUT2D eigenvalue weighted by atomic mass is 16.5. The molecule has 0 amide bonds. The fraction of sp³-hybridized carbons (Fsp3) is 0.875. The third-order valence-electron chi connectivity index (χ3n) is 3.33. The standard InChI is InChI=1S/C16H30O/c1-14(2,3)11-12-16(9-7-8-10-16)13-17-15(4,5)6/h11-12H,7-10,13H2,1-6H3. The molecule has 0 N–H and O–H groups in total. The van der Waals surface area contributed by atoms with Crippen LogP contribution in [0.25, 0.3) is 0 Å². The number of hydrogen-bond acceptors (Lipinski definition) is 1. The van der Waals surface area contributed by atoms with E-state index in [4.69, 9.17) is 4.74 Å². The third-order valence-corrected chi connectivity index (χ3v) is 3.33. The lowest BCUT2D eigenvalue weighted by Gasteiger charge is -2.31. The summed E-state index contributed by atoms with van der Waals surface area (Å²) in [5.74, 6) is 0. The van der Waals surface area contributed by atoms with E-state index in [1.807, 2.05) is 0 Å². The molecule has 0 aromatic carbocycles. The van der Waals surface area contributed by atoms with Crippen LogP contribution in [0.3, 0.4) is 0 Å². The molecule has 1 saturated carbocycles. The van der Waals surface area contributed by atoms with Crippen LogP contribution in [-0.2, 0) is 4.74 Å². The van der Waals surface area contributed by atoms with Gasteiger partial charge in [0.25, 0.3) is 0 Å². The molecule has 1 nitrogen and oxygen atoms in total. The molecular formula is C16H30O. The minimum absolute atomic E-state index is 0.0227. The van der Waals surface area contributed by atoms with E-state index in [0.717, 1.165) is 6.61 Å². The van der Waals surface area contributed by atoms with E-state index in [0.29, 0.717) is 5.41 Å². The van der Waals surface area contributed by atoms with E-state index in [1.54, 1.807) is 0 Å². The van der Waals surface area contributed by atoms with Gasteiger partial charge in [-0.15, -0.1) is 0 Å². The molecule has 1 fully saturated rings. The van der Waals surface area contributed by atoms with Crippen molar-refractivity contribution in [3.8, 4) is 0 Å². The minimum Gasteiger partial charge on any atom is -0.375 e. The van der Waals surface area contributed by atoms with Crippen LogP contribution in [-0.4, -0.2) is 12.2 Å². The fourth-order valence-corrected chi connectivity index (χ4v) is 2.23. The number of allylic oxidation sites excluding steroid dienone is 1. The molecule has 1 rings (SSSR count). The summed E-state index contributed by atoms with van der Waals surface area (Å²) in [6.45, 7) is 14.1. The van der Waals surface area contributed by atoms with Crippen molar-refractivity contribution in [1.82, 2.24) is 0 Å². The maximum Gasteiger partial charge on any atom is 0.0598 e. The molecule has 0 unspecified atom stereocenters. The molecule has 100 valence electrons. The molecule has 1 heteroatoms. The minimum atomic E-state index is -0.0227. The average molecular weight is 238 g/mol. The molecule has 1 aliphatic rings. The van der Waals surface area contributed by atoms with Gasteiger partial charge in [0, 0.05) is 5.41 Å². The van der Waals surface area contributed by atoms with Crippen LogP contribution in [0.2, 0.25) is 0 Å². The van der Waals surface area contributed by atoms with Gasteiger partial charge in [-0.25, -0.2) is 0 Å². The first-order valence-corrected chi connectivity index (χ1v) is 6.96. The Morgan fingerprint density at radius 1 is 1.00 bits per heavy atom. The van der Waals surface area contributed by atoms with Gasteiger partial charge in [-0.05, 0) is 39.0 Å². The van der Waals surface area contributed by atoms with Crippen molar-refractivity contribution < 1.29 is 4.74 Å². The summed E-state index contributed by atoms with van der Waals surface area (Å²) >= 11 is 0. The van der Waals surface area contributed by atoms with E-state index < -0.39 is 0 Å². The van der Waals surface area contributed by atoms with Gasteiger partial charge in [-0.1, -0.05) is 45.8 Å². The Labute approximate surface area is 108 Å². The summed E-state index contributed by atoms with van der Waals surface area (Å²) in [5.41, 5.74) is 0.559. The zero-order valence-electron chi connectivity index (χ0n) is 12.6. The molecule has 1 aliphatic carbocycles. The van der Waals surface area contributed by atoms with Crippen molar-refractivity contribution in [1.29, 1.82) is 0 Å². The van der Waals surface area contributed by atoms with Gasteiger partial charge in [-0.2, -0.15) is 0 Å². The lowest BCUT2D eigenvalue weighted by atomic mass is 9.83. The second-order valence-corrected chi connectivity index (χ2v) is 7.67. The van der Waals surface area contributed by atoms with Gasteiger partial charge in [0.2, 0.25) is 0 Å². The first kappa shape index (κ1) is 14.8. The predicted molar refractivity (Wildman–Crippen MR) is 75.2 cm³/mol. The molecule has 0 atom stereocenters. The van der Waals surface area contributed by atoms with Crippen LogP contribution in [0.4, 0.5) is 0 Å². The number of ether oxygens (including phenoxy) is 1. The van der Waals surface area contributed by atoms with Crippen LogP contribution in [0, 0.1) is 10.8 Å². The summed E-state index contributed by atoms with van der Waals surface area (Å²) in [7, 11) is 0. The monoisotopic (exact) mass is 238 g/mol. The largest absolute Gasteiger partial charge is 0.375 e. The topological polar surface area (TPSA) is 9.23 Å². The molecule has 0 aliphatic heterocycles. The Kier molecular flexibility index (Phi) is 4.46. The smallest absolute Gasteiger partial charge is 0.0598 e. The Bertz CT molecular complexity index is 256. The van der Waals surface area contributed by atoms with Gasteiger partial charge in [-0.3, -0.25) is 0 Å². The van der Waals surface area contributed by atoms with E-state index in [2.05, 4.69) is 53.7 Å². The molecule has 0 radical (unpaired) electrons. The third kappa shape index (κ3) is 5.72. The molecule has 17 heavy (non-hydrogen) atoms. The Hall–Kier alpha value is -0.300. The summed E-state index contributed by atoms with van der Waals surface area (Å²) in [4.78, 5) is 0. The lowest BCUT2D eigenvalue weighted by molar-refractivity contribution is -0.0382. The summed E-state index contributed by atoms with van der Waals surface area (Å²) in [6, 6.07) is 0. The summed E-state index contributed by atoms with van der Waals surface area (Å²) in [5, 5.41) is 0. The summed E-state index contributed by atoms with van der Waals surface area (Å²) in [6.07, 6.45) is 10.1. The second kappa shape index (κ2) is 5.14. The SMILES string of the molecule is CC(C)(C)C=CC1(COC(C)(C)C)CCCC1. The Morgan fingerprint density at radius 3 is 1.94 bits per heavy atom. The number of hydrogen-bond donors (Lipinski definition) is 0. The first-order chi connectivity index (χ1) is 7.62. The van der Waals surface area contributed by atoms with Crippen LogP contribution in [0.15, 0.2) is 12.2 Å². The second-order valence-electron chi connectivity index (χ2n) is 7.67. The molecule has 0 bridgehead atoms. The first-order valence-electron chi connectivity index (χ1n) is 6.96. The molecule has 0 saturated heterocycles. The van der Waals surface area contributed by atoms with Crippen molar-refractivity contribution in [2.75, 3.05) is 6.61 Å². The average Bonchev–Trinajstić information content (AvgIpc) is 2.59. The van der Waals surface area contributed by atoms with Crippen LogP contribution in [0.1, 0.15) is 67.2 Å². The van der Waals surface area contributed by atoms with Crippen LogP contribution in [0.5, 0.6) is 0 Å². The van der Waals surface area contributed by atoms with Crippen molar-refractivity contribution in [2.24, 2.45) is 10.8 Å². The van der Waals surface area contributed by atoms with Crippen LogP contribution >= 0.6 is 0 Å². The molecular weight excluding hydrogens is 208 g/mol. The highest BCUT2D eigenvalue weighted by Crippen LogP contribution is 2.41.